The number of anilines is 4. The van der Waals surface area contributed by atoms with Crippen molar-refractivity contribution in [2.75, 3.05) is 42.1 Å². The highest BCUT2D eigenvalue weighted by Gasteiger charge is 2.30. The molecule has 8 nitrogen and oxygen atoms in total. The smallest absolute Gasteiger partial charge is 0.368 e. The van der Waals surface area contributed by atoms with Gasteiger partial charge in [0.15, 0.2) is 0 Å². The maximum absolute atomic E-state index is 13.0. The highest BCUT2D eigenvalue weighted by molar-refractivity contribution is 5.96. The predicted molar refractivity (Wildman–Crippen MR) is 136 cm³/mol. The third-order valence-electron chi connectivity index (χ3n) is 6.23. The molecule has 4 aromatic rings. The second-order valence-electron chi connectivity index (χ2n) is 8.80. The van der Waals surface area contributed by atoms with Crippen LogP contribution >= 0.6 is 0 Å². The number of nitrogen functional groups attached to an aromatic ring is 1. The molecule has 3 N–H and O–H groups in total. The number of nitrogens with one attached hydrogen (secondary N) is 1. The van der Waals surface area contributed by atoms with Crippen LogP contribution in [-0.2, 0) is 6.18 Å². The summed E-state index contributed by atoms with van der Waals surface area (Å²) in [7, 11) is 0. The largest absolute Gasteiger partial charge is 0.416 e. The van der Waals surface area contributed by atoms with E-state index in [0.29, 0.717) is 48.5 Å². The summed E-state index contributed by atoms with van der Waals surface area (Å²) in [6.07, 6.45) is -2.98. The molecule has 1 aliphatic rings. The third kappa shape index (κ3) is 5.25. The monoisotopic (exact) mass is 507 g/mol. The van der Waals surface area contributed by atoms with Gasteiger partial charge in [-0.3, -0.25) is 9.78 Å². The summed E-state index contributed by atoms with van der Waals surface area (Å²) in [5.74, 6) is 0.914. The molecule has 190 valence electrons. The topological polar surface area (TPSA) is 100 Å². The minimum absolute atomic E-state index is 0.0707. The van der Waals surface area contributed by atoms with E-state index in [0.717, 1.165) is 23.6 Å². The fourth-order valence-electron chi connectivity index (χ4n) is 4.34. The first kappa shape index (κ1) is 24.3. The molecule has 1 aliphatic heterocycles. The van der Waals surface area contributed by atoms with E-state index in [9.17, 15) is 18.0 Å². The van der Waals surface area contributed by atoms with Gasteiger partial charge in [-0.2, -0.15) is 18.2 Å². The Bertz CT molecular complexity index is 1430. The SMILES string of the molecule is Cc1cc(N2CCN(C(=O)c3ccc(Nc4ccnc5cc(C(F)(F)F)ccc45)cc3)CC2)nc(N)n1. The van der Waals surface area contributed by atoms with Gasteiger partial charge in [0.05, 0.1) is 11.1 Å². The number of benzene rings is 2. The average molecular weight is 508 g/mol. The fraction of sp³-hybridized carbons (Fsp3) is 0.231. The molecule has 0 aliphatic carbocycles. The number of rotatable bonds is 4. The van der Waals surface area contributed by atoms with Gasteiger partial charge < -0.3 is 20.9 Å². The molecule has 0 atom stereocenters. The van der Waals surface area contributed by atoms with Crippen molar-refractivity contribution in [1.29, 1.82) is 0 Å². The number of carbonyl (C=O) groups is 1. The zero-order valence-electron chi connectivity index (χ0n) is 20.0. The number of aryl methyl sites for hydroxylation is 1. The summed E-state index contributed by atoms with van der Waals surface area (Å²) >= 11 is 0. The molecule has 5 rings (SSSR count). The van der Waals surface area contributed by atoms with Crippen molar-refractivity contribution in [3.63, 3.8) is 0 Å². The van der Waals surface area contributed by atoms with E-state index in [1.54, 1.807) is 35.2 Å². The molecule has 1 fully saturated rings. The Hall–Kier alpha value is -4.41. The first-order valence-corrected chi connectivity index (χ1v) is 11.7. The first-order chi connectivity index (χ1) is 17.7. The summed E-state index contributed by atoms with van der Waals surface area (Å²) in [4.78, 5) is 29.4. The Kier molecular flexibility index (Phi) is 6.28. The Morgan fingerprint density at radius 3 is 2.38 bits per heavy atom. The second-order valence-corrected chi connectivity index (χ2v) is 8.80. The van der Waals surface area contributed by atoms with Gasteiger partial charge in [0.2, 0.25) is 5.95 Å². The van der Waals surface area contributed by atoms with E-state index in [4.69, 9.17) is 5.73 Å². The van der Waals surface area contributed by atoms with Crippen LogP contribution in [0.1, 0.15) is 21.6 Å². The van der Waals surface area contributed by atoms with E-state index in [2.05, 4.69) is 25.2 Å². The lowest BCUT2D eigenvalue weighted by Crippen LogP contribution is -2.49. The van der Waals surface area contributed by atoms with Crippen molar-refractivity contribution in [3.05, 3.63) is 77.6 Å². The number of piperazine rings is 1. The Labute approximate surface area is 211 Å². The van der Waals surface area contributed by atoms with Crippen LogP contribution in [0.25, 0.3) is 10.9 Å². The molecular weight excluding hydrogens is 483 g/mol. The molecule has 2 aromatic heterocycles. The number of nitrogens with two attached hydrogens (primary N) is 1. The van der Waals surface area contributed by atoms with Crippen molar-refractivity contribution in [1.82, 2.24) is 19.9 Å². The second kappa shape index (κ2) is 9.57. The maximum atomic E-state index is 13.0. The number of hydrogen-bond donors (Lipinski definition) is 2. The number of nitrogens with zero attached hydrogens (tertiary/aromatic N) is 5. The molecule has 0 unspecified atom stereocenters. The zero-order chi connectivity index (χ0) is 26.2. The fourth-order valence-corrected chi connectivity index (χ4v) is 4.34. The number of carbonyl (C=O) groups excluding carboxylic acids is 1. The van der Waals surface area contributed by atoms with E-state index in [-0.39, 0.29) is 17.4 Å². The number of halogens is 3. The number of pyridine rings is 1. The molecule has 2 aromatic carbocycles. The van der Waals surface area contributed by atoms with Crippen LogP contribution in [0.5, 0.6) is 0 Å². The molecule has 1 amide bonds. The highest BCUT2D eigenvalue weighted by atomic mass is 19.4. The van der Waals surface area contributed by atoms with Crippen LogP contribution in [-0.4, -0.2) is 51.9 Å². The molecule has 0 saturated carbocycles. The van der Waals surface area contributed by atoms with E-state index >= 15 is 0 Å². The van der Waals surface area contributed by atoms with Gasteiger partial charge >= 0.3 is 6.18 Å². The minimum Gasteiger partial charge on any atom is -0.368 e. The average Bonchev–Trinajstić information content (AvgIpc) is 2.88. The Balaban J connectivity index is 1.25. The number of hydrogen-bond acceptors (Lipinski definition) is 7. The van der Waals surface area contributed by atoms with Gasteiger partial charge in [-0.05, 0) is 49.4 Å². The summed E-state index contributed by atoms with van der Waals surface area (Å²) in [5, 5.41) is 3.77. The van der Waals surface area contributed by atoms with Crippen LogP contribution in [0.15, 0.2) is 60.8 Å². The standard InChI is InChI=1S/C26H24F3N7O/c1-16-14-23(34-25(30)32-16)35-10-12-36(13-11-35)24(37)17-2-5-19(6-3-17)33-21-8-9-31-22-15-18(26(27,28)29)4-7-20(21)22/h2-9,14-15H,10-13H2,1H3,(H,31,33)(H2,30,32,34). The lowest BCUT2D eigenvalue weighted by atomic mass is 10.1. The molecule has 0 spiro atoms. The molecule has 1 saturated heterocycles. The van der Waals surface area contributed by atoms with Crippen molar-refractivity contribution in [2.45, 2.75) is 13.1 Å². The summed E-state index contributed by atoms with van der Waals surface area (Å²) < 4.78 is 39.1. The van der Waals surface area contributed by atoms with E-state index < -0.39 is 11.7 Å². The summed E-state index contributed by atoms with van der Waals surface area (Å²) in [6.45, 7) is 4.22. The summed E-state index contributed by atoms with van der Waals surface area (Å²) in [5.41, 5.74) is 7.92. The van der Waals surface area contributed by atoms with Gasteiger partial charge in [0.1, 0.15) is 5.82 Å². The normalized spacial score (nSPS) is 14.2. The van der Waals surface area contributed by atoms with E-state index in [1.807, 2.05) is 13.0 Å². The quantitative estimate of drug-likeness (QED) is 0.415. The van der Waals surface area contributed by atoms with Crippen molar-refractivity contribution in [3.8, 4) is 0 Å². The lowest BCUT2D eigenvalue weighted by molar-refractivity contribution is -0.137. The predicted octanol–water partition coefficient (Wildman–Crippen LogP) is 4.64. The molecule has 0 bridgehead atoms. The number of alkyl halides is 3. The Morgan fingerprint density at radius 1 is 0.973 bits per heavy atom. The minimum atomic E-state index is -4.43. The van der Waals surface area contributed by atoms with Crippen LogP contribution in [0.2, 0.25) is 0 Å². The van der Waals surface area contributed by atoms with Crippen molar-refractivity contribution in [2.24, 2.45) is 0 Å². The van der Waals surface area contributed by atoms with E-state index in [1.165, 1.54) is 12.3 Å². The van der Waals surface area contributed by atoms with Crippen LogP contribution in [0.3, 0.4) is 0 Å². The number of amides is 1. The van der Waals surface area contributed by atoms with Crippen LogP contribution in [0.4, 0.5) is 36.3 Å². The number of fused-ring (bicyclic) bond motifs is 1. The van der Waals surface area contributed by atoms with Crippen LogP contribution in [0, 0.1) is 6.92 Å². The maximum Gasteiger partial charge on any atom is 0.416 e. The van der Waals surface area contributed by atoms with Crippen molar-refractivity contribution >= 4 is 40.0 Å². The lowest BCUT2D eigenvalue weighted by Gasteiger charge is -2.35. The molecule has 3 heterocycles. The molecule has 11 heteroatoms. The third-order valence-corrected chi connectivity index (χ3v) is 6.23. The Morgan fingerprint density at radius 2 is 1.70 bits per heavy atom. The molecule has 37 heavy (non-hydrogen) atoms. The highest BCUT2D eigenvalue weighted by Crippen LogP contribution is 2.33. The zero-order valence-corrected chi connectivity index (χ0v) is 20.0. The molecule has 0 radical (unpaired) electrons. The van der Waals surface area contributed by atoms with Gasteiger partial charge in [-0.1, -0.05) is 6.07 Å². The van der Waals surface area contributed by atoms with Gasteiger partial charge in [0.25, 0.3) is 5.91 Å². The number of aromatic nitrogens is 3. The van der Waals surface area contributed by atoms with Gasteiger partial charge in [0, 0.05) is 66.5 Å². The van der Waals surface area contributed by atoms with Gasteiger partial charge in [-0.15, -0.1) is 0 Å². The van der Waals surface area contributed by atoms with Crippen molar-refractivity contribution < 1.29 is 18.0 Å². The van der Waals surface area contributed by atoms with Gasteiger partial charge in [-0.25, -0.2) is 4.98 Å². The van der Waals surface area contributed by atoms with Crippen LogP contribution < -0.4 is 16.0 Å². The molecular formula is C26H24F3N7O. The first-order valence-electron chi connectivity index (χ1n) is 11.7. The summed E-state index contributed by atoms with van der Waals surface area (Å²) in [6, 6.07) is 14.1.